The second-order valence-corrected chi connectivity index (χ2v) is 8.48. The number of carbonyl (C=O) groups excluding carboxylic acids is 1. The maximum Gasteiger partial charge on any atom is 0.522 e. The predicted octanol–water partition coefficient (Wildman–Crippen LogP) is 5.03. The van der Waals surface area contributed by atoms with Gasteiger partial charge in [-0.2, -0.15) is 5.26 Å². The van der Waals surface area contributed by atoms with Crippen LogP contribution in [0, 0.1) is 11.3 Å². The Morgan fingerprint density at radius 1 is 1.13 bits per heavy atom. The summed E-state index contributed by atoms with van der Waals surface area (Å²) in [7, 11) is 1.29. The van der Waals surface area contributed by atoms with Crippen molar-refractivity contribution in [2.75, 3.05) is 13.7 Å². The number of halogens is 4. The van der Waals surface area contributed by atoms with Crippen LogP contribution in [0.3, 0.4) is 0 Å². The van der Waals surface area contributed by atoms with Crippen LogP contribution >= 0.6 is 11.6 Å². The Bertz CT molecular complexity index is 1450. The van der Waals surface area contributed by atoms with Crippen LogP contribution in [0.25, 0.3) is 11.1 Å². The number of nitriles is 1. The van der Waals surface area contributed by atoms with Crippen LogP contribution < -0.4 is 10.3 Å². The smallest absolute Gasteiger partial charge is 0.495 e. The van der Waals surface area contributed by atoms with E-state index in [9.17, 15) is 32.8 Å². The van der Waals surface area contributed by atoms with E-state index >= 15 is 0 Å². The first-order valence-corrected chi connectivity index (χ1v) is 11.4. The highest BCUT2D eigenvalue weighted by Gasteiger charge is 2.31. The summed E-state index contributed by atoms with van der Waals surface area (Å²) < 4.78 is 48.0. The molecule has 0 aliphatic carbocycles. The lowest BCUT2D eigenvalue weighted by Crippen LogP contribution is -2.32. The number of aromatic nitrogens is 1. The number of ether oxygens (including phenoxy) is 2. The van der Waals surface area contributed by atoms with E-state index in [1.807, 2.05) is 6.07 Å². The number of nitrogens with zero attached hydrogens (tertiary/aromatic N) is 2. The molecule has 1 aromatic heterocycles. The molecule has 1 heterocycles. The average Bonchev–Trinajstić information content (AvgIpc) is 2.86. The third kappa shape index (κ3) is 7.00. The fraction of sp³-hybridized carbons (Fsp3) is 0.231. The van der Waals surface area contributed by atoms with Gasteiger partial charge in [-0.3, -0.25) is 14.3 Å². The van der Waals surface area contributed by atoms with Gasteiger partial charge in [-0.1, -0.05) is 23.7 Å². The summed E-state index contributed by atoms with van der Waals surface area (Å²) >= 11 is 6.06. The first-order chi connectivity index (χ1) is 17.9. The number of alkyl halides is 3. The molecule has 1 atom stereocenters. The van der Waals surface area contributed by atoms with Crippen molar-refractivity contribution in [1.29, 1.82) is 5.26 Å². The molecule has 0 saturated carbocycles. The number of ketones is 1. The minimum absolute atomic E-state index is 0.00868. The van der Waals surface area contributed by atoms with Gasteiger partial charge in [-0.25, -0.2) is 4.79 Å². The summed E-state index contributed by atoms with van der Waals surface area (Å²) in [5, 5.41) is 18.8. The summed E-state index contributed by atoms with van der Waals surface area (Å²) in [6.07, 6.45) is -4.54. The van der Waals surface area contributed by atoms with E-state index in [2.05, 4.69) is 4.74 Å². The fourth-order valence-corrected chi connectivity index (χ4v) is 3.98. The van der Waals surface area contributed by atoms with E-state index in [-0.39, 0.29) is 33.9 Å². The molecule has 0 amide bonds. The first-order valence-electron chi connectivity index (χ1n) is 11.0. The fourth-order valence-electron chi connectivity index (χ4n) is 3.81. The van der Waals surface area contributed by atoms with Gasteiger partial charge < -0.3 is 14.4 Å². The molecule has 38 heavy (non-hydrogen) atoms. The Hall–Kier alpha value is -4.14. The van der Waals surface area contributed by atoms with Crippen molar-refractivity contribution >= 4 is 23.4 Å². The Morgan fingerprint density at radius 2 is 1.82 bits per heavy atom. The van der Waals surface area contributed by atoms with Crippen molar-refractivity contribution in [2.24, 2.45) is 0 Å². The molecule has 3 rings (SSSR count). The van der Waals surface area contributed by atoms with Gasteiger partial charge >= 0.3 is 12.3 Å². The van der Waals surface area contributed by atoms with Gasteiger partial charge in [0.25, 0.3) is 5.56 Å². The lowest BCUT2D eigenvalue weighted by atomic mass is 9.98. The molecule has 0 aliphatic rings. The van der Waals surface area contributed by atoms with Crippen LogP contribution in [0.4, 0.5) is 13.2 Å². The van der Waals surface area contributed by atoms with Crippen molar-refractivity contribution in [3.05, 3.63) is 86.8 Å². The number of rotatable bonds is 10. The minimum Gasteiger partial charge on any atom is -0.495 e. The molecule has 2 aromatic carbocycles. The predicted molar refractivity (Wildman–Crippen MR) is 130 cm³/mol. The Kier molecular flexibility index (Phi) is 8.93. The first kappa shape index (κ1) is 28.4. The van der Waals surface area contributed by atoms with Crippen molar-refractivity contribution in [3.63, 3.8) is 0 Å². The van der Waals surface area contributed by atoms with Gasteiger partial charge in [-0.15, -0.1) is 13.2 Å². The third-order valence-corrected chi connectivity index (χ3v) is 5.84. The summed E-state index contributed by atoms with van der Waals surface area (Å²) in [5.41, 5.74) is 0.344. The molecule has 198 valence electrons. The van der Waals surface area contributed by atoms with Crippen LogP contribution in [0.2, 0.25) is 5.02 Å². The number of carboxylic acid groups (broad SMARTS) is 1. The number of hydrogen-bond donors (Lipinski definition) is 1. The van der Waals surface area contributed by atoms with E-state index in [1.165, 1.54) is 55.8 Å². The molecule has 0 fully saturated rings. The highest BCUT2D eigenvalue weighted by atomic mass is 35.5. The molecule has 3 aromatic rings. The number of Topliss-reactive ketones (excluding diaryl/α,β-unsaturated/α-hetero) is 1. The standard InChI is InChI=1S/C26H20ClF3N2O6/c1-37-23-14-32(24(34)12-20(23)19-11-18(27)7-6-17(19)13-31)21(8-9-38-26(28,29)30)22(33)10-15-2-4-16(5-3-15)25(35)36/h2-7,11-12,14,21H,8-10H2,1H3,(H,35,36). The molecule has 0 aliphatic heterocycles. The number of carbonyl (C=O) groups is 2. The molecular weight excluding hydrogens is 529 g/mol. The largest absolute Gasteiger partial charge is 0.522 e. The van der Waals surface area contributed by atoms with E-state index < -0.39 is 42.7 Å². The van der Waals surface area contributed by atoms with Crippen molar-refractivity contribution in [3.8, 4) is 22.9 Å². The molecule has 8 nitrogen and oxygen atoms in total. The number of carboxylic acids is 1. The quantitative estimate of drug-likeness (QED) is 0.377. The van der Waals surface area contributed by atoms with Gasteiger partial charge in [0.15, 0.2) is 5.78 Å². The lowest BCUT2D eigenvalue weighted by molar-refractivity contribution is -0.325. The summed E-state index contributed by atoms with van der Waals surface area (Å²) in [5.74, 6) is -1.71. The molecule has 0 spiro atoms. The number of hydrogen-bond acceptors (Lipinski definition) is 6. The normalized spacial score (nSPS) is 12.0. The SMILES string of the molecule is COc1cn(C(CCOC(F)(F)F)C(=O)Cc2ccc(C(=O)O)cc2)c(=O)cc1-c1cc(Cl)ccc1C#N. The summed E-state index contributed by atoms with van der Waals surface area (Å²) in [4.78, 5) is 37.4. The van der Waals surface area contributed by atoms with Crippen LogP contribution in [0.5, 0.6) is 5.75 Å². The maximum absolute atomic E-state index is 13.2. The van der Waals surface area contributed by atoms with Crippen LogP contribution in [-0.2, 0) is 16.0 Å². The van der Waals surface area contributed by atoms with Gasteiger partial charge in [-0.05, 0) is 42.3 Å². The zero-order valence-corrected chi connectivity index (χ0v) is 20.5. The van der Waals surface area contributed by atoms with Crippen molar-refractivity contribution < 1.29 is 37.3 Å². The molecule has 0 saturated heterocycles. The molecule has 0 bridgehead atoms. The third-order valence-electron chi connectivity index (χ3n) is 5.60. The minimum atomic E-state index is -4.94. The highest BCUT2D eigenvalue weighted by molar-refractivity contribution is 6.31. The topological polar surface area (TPSA) is 119 Å². The molecular formula is C26H20ClF3N2O6. The molecule has 12 heteroatoms. The zero-order valence-electron chi connectivity index (χ0n) is 19.8. The van der Waals surface area contributed by atoms with Crippen LogP contribution in [0.15, 0.2) is 59.5 Å². The van der Waals surface area contributed by atoms with Crippen molar-refractivity contribution in [1.82, 2.24) is 4.57 Å². The van der Waals surface area contributed by atoms with Crippen LogP contribution in [-0.4, -0.2) is 41.5 Å². The second kappa shape index (κ2) is 11.9. The monoisotopic (exact) mass is 548 g/mol. The average molecular weight is 549 g/mol. The number of aromatic carboxylic acids is 1. The van der Waals surface area contributed by atoms with E-state index in [0.29, 0.717) is 11.1 Å². The molecule has 1 N–H and O–H groups in total. The highest BCUT2D eigenvalue weighted by Crippen LogP contribution is 2.34. The molecule has 1 unspecified atom stereocenters. The Morgan fingerprint density at radius 3 is 2.39 bits per heavy atom. The zero-order chi connectivity index (χ0) is 28.0. The lowest BCUT2D eigenvalue weighted by Gasteiger charge is -2.21. The van der Waals surface area contributed by atoms with Crippen LogP contribution in [0.1, 0.15) is 33.9 Å². The number of pyridine rings is 1. The summed E-state index contributed by atoms with van der Waals surface area (Å²) in [6.45, 7) is -0.902. The van der Waals surface area contributed by atoms with E-state index in [1.54, 1.807) is 0 Å². The Balaban J connectivity index is 2.03. The van der Waals surface area contributed by atoms with Gasteiger partial charge in [0.1, 0.15) is 5.75 Å². The van der Waals surface area contributed by atoms with E-state index in [0.717, 1.165) is 10.6 Å². The summed E-state index contributed by atoms with van der Waals surface area (Å²) in [6, 6.07) is 11.5. The van der Waals surface area contributed by atoms with Crippen molar-refractivity contribution in [2.45, 2.75) is 25.2 Å². The molecule has 0 radical (unpaired) electrons. The van der Waals surface area contributed by atoms with Gasteiger partial charge in [0.2, 0.25) is 0 Å². The Labute approximate surface area is 219 Å². The van der Waals surface area contributed by atoms with Gasteiger partial charge in [0, 0.05) is 28.6 Å². The second-order valence-electron chi connectivity index (χ2n) is 8.05. The maximum atomic E-state index is 13.2. The van der Waals surface area contributed by atoms with Gasteiger partial charge in [0.05, 0.1) is 43.2 Å². The van der Waals surface area contributed by atoms with E-state index in [4.69, 9.17) is 21.4 Å². The number of methoxy groups -OCH3 is 1. The number of benzene rings is 2.